The Morgan fingerprint density at radius 2 is 1.32 bits per heavy atom. The molecule has 0 fully saturated rings. The van der Waals surface area contributed by atoms with Crippen LogP contribution in [0.5, 0.6) is 0 Å². The number of halogens is 5. The lowest BCUT2D eigenvalue weighted by Gasteiger charge is -2.08. The number of hydrogen-bond donors (Lipinski definition) is 0. The second-order valence-electron chi connectivity index (χ2n) is 3.03. The molecule has 0 saturated heterocycles. The van der Waals surface area contributed by atoms with Gasteiger partial charge in [0.1, 0.15) is 16.5 Å². The summed E-state index contributed by atoms with van der Waals surface area (Å²) >= 11 is 0. The maximum atomic E-state index is 12.7. The van der Waals surface area contributed by atoms with Crippen LogP contribution in [0.25, 0.3) is 0 Å². The van der Waals surface area contributed by atoms with Gasteiger partial charge in [0, 0.05) is 6.07 Å². The SMILES string of the molecule is O=S(=O)(OS(=O)(=O)C(F)(F)F)c1cc(F)cc(F)c1. The molecule has 12 heteroatoms. The Morgan fingerprint density at radius 3 is 1.68 bits per heavy atom. The summed E-state index contributed by atoms with van der Waals surface area (Å²) in [6.07, 6.45) is 0. The molecular formula is C7H3F5O5S2. The molecule has 0 aliphatic heterocycles. The molecule has 0 heterocycles. The Hall–Kier alpha value is -1.27. The molecule has 1 aromatic rings. The highest BCUT2D eigenvalue weighted by atomic mass is 32.3. The zero-order valence-corrected chi connectivity index (χ0v) is 10.1. The van der Waals surface area contributed by atoms with Gasteiger partial charge in [-0.05, 0) is 12.1 Å². The van der Waals surface area contributed by atoms with Gasteiger partial charge in [-0.3, -0.25) is 0 Å². The Kier molecular flexibility index (Phi) is 3.89. The van der Waals surface area contributed by atoms with E-state index >= 15 is 0 Å². The fourth-order valence-electron chi connectivity index (χ4n) is 0.869. The topological polar surface area (TPSA) is 77.5 Å². The van der Waals surface area contributed by atoms with Crippen LogP contribution in [0.2, 0.25) is 0 Å². The van der Waals surface area contributed by atoms with Crippen molar-refractivity contribution in [3.05, 3.63) is 29.8 Å². The first-order chi connectivity index (χ1) is 8.35. The van der Waals surface area contributed by atoms with Gasteiger partial charge in [0.15, 0.2) is 0 Å². The van der Waals surface area contributed by atoms with Gasteiger partial charge in [-0.25, -0.2) is 8.78 Å². The first kappa shape index (κ1) is 15.8. The van der Waals surface area contributed by atoms with Crippen molar-refractivity contribution in [1.82, 2.24) is 0 Å². The Balaban J connectivity index is 3.27. The van der Waals surface area contributed by atoms with Gasteiger partial charge >= 0.3 is 25.7 Å². The molecule has 5 nitrogen and oxygen atoms in total. The van der Waals surface area contributed by atoms with Crippen molar-refractivity contribution in [2.45, 2.75) is 10.4 Å². The Morgan fingerprint density at radius 1 is 0.895 bits per heavy atom. The van der Waals surface area contributed by atoms with E-state index in [-0.39, 0.29) is 18.2 Å². The van der Waals surface area contributed by atoms with Crippen molar-refractivity contribution in [2.24, 2.45) is 0 Å². The molecule has 1 aromatic carbocycles. The van der Waals surface area contributed by atoms with Crippen molar-refractivity contribution in [1.29, 1.82) is 0 Å². The molecular weight excluding hydrogens is 323 g/mol. The van der Waals surface area contributed by atoms with Crippen LogP contribution < -0.4 is 0 Å². The van der Waals surface area contributed by atoms with Crippen molar-refractivity contribution < 1.29 is 42.4 Å². The summed E-state index contributed by atoms with van der Waals surface area (Å²) in [4.78, 5) is -1.40. The standard InChI is InChI=1S/C7H3F5O5S2/c8-4-1-5(9)3-6(2-4)18(13,14)17-19(15,16)7(10,11)12/h1-3H. The van der Waals surface area contributed by atoms with E-state index in [1.54, 1.807) is 0 Å². The fraction of sp³-hybridized carbons (Fsp3) is 0.143. The van der Waals surface area contributed by atoms with Gasteiger partial charge in [0.05, 0.1) is 0 Å². The fourth-order valence-corrected chi connectivity index (χ4v) is 2.95. The van der Waals surface area contributed by atoms with Crippen molar-refractivity contribution in [2.75, 3.05) is 0 Å². The normalized spacial score (nSPS) is 13.5. The summed E-state index contributed by atoms with van der Waals surface area (Å²) < 4.78 is 107. The first-order valence-electron chi connectivity index (χ1n) is 4.09. The molecule has 0 aliphatic rings. The number of hydrogen-bond acceptors (Lipinski definition) is 5. The van der Waals surface area contributed by atoms with Crippen LogP contribution in [0.15, 0.2) is 23.1 Å². The summed E-state index contributed by atoms with van der Waals surface area (Å²) in [7, 11) is -12.0. The van der Waals surface area contributed by atoms with Gasteiger partial charge in [-0.1, -0.05) is 0 Å². The van der Waals surface area contributed by atoms with E-state index in [9.17, 15) is 38.8 Å². The second-order valence-corrected chi connectivity index (χ2v) is 6.32. The third-order valence-electron chi connectivity index (χ3n) is 1.59. The number of benzene rings is 1. The molecule has 1 rings (SSSR count). The van der Waals surface area contributed by atoms with Crippen LogP contribution in [-0.2, 0) is 23.9 Å². The summed E-state index contributed by atoms with van der Waals surface area (Å²) in [6, 6.07) is 0.436. The maximum Gasteiger partial charge on any atom is 0.524 e. The van der Waals surface area contributed by atoms with E-state index in [2.05, 4.69) is 3.63 Å². The van der Waals surface area contributed by atoms with Gasteiger partial charge in [0.2, 0.25) is 0 Å². The highest BCUT2D eigenvalue weighted by Gasteiger charge is 2.50. The minimum atomic E-state index is -6.46. The summed E-state index contributed by atoms with van der Waals surface area (Å²) in [6.45, 7) is 0. The monoisotopic (exact) mass is 326 g/mol. The Labute approximate surface area is 103 Å². The third-order valence-corrected chi connectivity index (χ3v) is 4.40. The van der Waals surface area contributed by atoms with Crippen LogP contribution in [0.1, 0.15) is 0 Å². The third kappa shape index (κ3) is 3.61. The van der Waals surface area contributed by atoms with E-state index in [4.69, 9.17) is 0 Å². The predicted octanol–water partition coefficient (Wildman–Crippen LogP) is 1.52. The molecule has 0 unspecified atom stereocenters. The molecule has 0 spiro atoms. The lowest BCUT2D eigenvalue weighted by atomic mass is 10.3. The summed E-state index contributed by atoms with van der Waals surface area (Å²) in [5, 5.41) is 0. The van der Waals surface area contributed by atoms with Gasteiger partial charge < -0.3 is 0 Å². The average Bonchev–Trinajstić information content (AvgIpc) is 2.12. The maximum absolute atomic E-state index is 12.7. The first-order valence-corrected chi connectivity index (χ1v) is 6.90. The molecule has 0 aromatic heterocycles. The second kappa shape index (κ2) is 4.68. The van der Waals surface area contributed by atoms with Crippen molar-refractivity contribution in [3.8, 4) is 0 Å². The predicted molar refractivity (Wildman–Crippen MR) is 49.6 cm³/mol. The highest BCUT2D eigenvalue weighted by Crippen LogP contribution is 2.28. The van der Waals surface area contributed by atoms with Gasteiger partial charge in [-0.2, -0.15) is 30.0 Å². The van der Waals surface area contributed by atoms with Crippen LogP contribution in [0.3, 0.4) is 0 Å². The van der Waals surface area contributed by atoms with Crippen molar-refractivity contribution >= 4 is 20.2 Å². The lowest BCUT2D eigenvalue weighted by Crippen LogP contribution is -2.28. The molecule has 19 heavy (non-hydrogen) atoms. The highest BCUT2D eigenvalue weighted by molar-refractivity contribution is 8.00. The van der Waals surface area contributed by atoms with E-state index in [0.29, 0.717) is 0 Å². The van der Waals surface area contributed by atoms with E-state index in [1.165, 1.54) is 0 Å². The molecule has 0 radical (unpaired) electrons. The zero-order chi connectivity index (χ0) is 15.1. The molecule has 0 bridgehead atoms. The van der Waals surface area contributed by atoms with Crippen molar-refractivity contribution in [3.63, 3.8) is 0 Å². The van der Waals surface area contributed by atoms with E-state index < -0.39 is 42.3 Å². The van der Waals surface area contributed by atoms with Crippen LogP contribution >= 0.6 is 0 Å². The van der Waals surface area contributed by atoms with Crippen LogP contribution in [0.4, 0.5) is 22.0 Å². The summed E-state index contributed by atoms with van der Waals surface area (Å²) in [5.74, 6) is -2.88. The van der Waals surface area contributed by atoms with E-state index in [0.717, 1.165) is 0 Å². The lowest BCUT2D eigenvalue weighted by molar-refractivity contribution is -0.0498. The van der Waals surface area contributed by atoms with Gasteiger partial charge in [-0.15, -0.1) is 3.63 Å². The quantitative estimate of drug-likeness (QED) is 0.622. The van der Waals surface area contributed by atoms with Gasteiger partial charge in [0.25, 0.3) is 0 Å². The van der Waals surface area contributed by atoms with Crippen LogP contribution in [-0.4, -0.2) is 22.3 Å². The molecule has 0 saturated carbocycles. The minimum Gasteiger partial charge on any atom is -0.207 e. The molecule has 0 amide bonds. The largest absolute Gasteiger partial charge is 0.524 e. The van der Waals surface area contributed by atoms with E-state index in [1.807, 2.05) is 0 Å². The minimum absolute atomic E-state index is 0.101. The summed E-state index contributed by atoms with van der Waals surface area (Å²) in [5.41, 5.74) is -5.99. The zero-order valence-electron chi connectivity index (χ0n) is 8.48. The average molecular weight is 326 g/mol. The smallest absolute Gasteiger partial charge is 0.207 e. The molecule has 0 atom stereocenters. The molecule has 108 valence electrons. The Bertz CT molecular complexity index is 671. The number of rotatable bonds is 3. The molecule has 0 N–H and O–H groups in total. The molecule has 0 aliphatic carbocycles. The van der Waals surface area contributed by atoms with Crippen LogP contribution in [0, 0.1) is 11.6 Å². The number of alkyl halides is 3.